The fourth-order valence-electron chi connectivity index (χ4n) is 1.79. The first kappa shape index (κ1) is 16.5. The Morgan fingerprint density at radius 3 is 2.75 bits per heavy atom. The van der Waals surface area contributed by atoms with Crippen molar-refractivity contribution < 1.29 is 14.3 Å². The van der Waals surface area contributed by atoms with E-state index in [0.29, 0.717) is 13.2 Å². The predicted molar refractivity (Wildman–Crippen MR) is 79.2 cm³/mol. The molecule has 5 nitrogen and oxygen atoms in total. The molecule has 1 aromatic rings. The third kappa shape index (κ3) is 5.59. The molecule has 2 N–H and O–H groups in total. The maximum Gasteiger partial charge on any atom is 0.227 e. The summed E-state index contributed by atoms with van der Waals surface area (Å²) >= 11 is 0. The minimum Gasteiger partial charge on any atom is -0.497 e. The molecule has 0 saturated heterocycles. The smallest absolute Gasteiger partial charge is 0.227 e. The Kier molecular flexibility index (Phi) is 7.69. The van der Waals surface area contributed by atoms with Crippen LogP contribution in [-0.2, 0) is 9.53 Å². The third-order valence-electron chi connectivity index (χ3n) is 3.07. The molecule has 1 rings (SSSR count). The van der Waals surface area contributed by atoms with Crippen LogP contribution in [0, 0.1) is 0 Å². The average molecular weight is 280 g/mol. The molecule has 0 saturated carbocycles. The normalized spacial score (nSPS) is 11.9. The zero-order valence-electron chi connectivity index (χ0n) is 12.4. The van der Waals surface area contributed by atoms with E-state index in [2.05, 4.69) is 10.6 Å². The minimum absolute atomic E-state index is 0.0202. The number of hydrogen-bond acceptors (Lipinski definition) is 4. The zero-order chi connectivity index (χ0) is 14.8. The first-order valence-electron chi connectivity index (χ1n) is 6.80. The van der Waals surface area contributed by atoms with Gasteiger partial charge in [0.05, 0.1) is 19.6 Å². The quantitative estimate of drug-likeness (QED) is 0.666. The number of nitrogens with one attached hydrogen (secondary N) is 2. The van der Waals surface area contributed by atoms with Gasteiger partial charge in [-0.3, -0.25) is 4.79 Å². The molecule has 0 aromatic heterocycles. The van der Waals surface area contributed by atoms with Crippen molar-refractivity contribution in [1.82, 2.24) is 10.6 Å². The number of hydrogen-bond donors (Lipinski definition) is 2. The van der Waals surface area contributed by atoms with E-state index in [9.17, 15) is 4.79 Å². The standard InChI is InChI=1S/C15H24N2O3/c1-12(13-5-4-6-14(11-13)20-3)15(18)17-8-7-16-9-10-19-2/h4-6,11-12,16H,7-10H2,1-3H3,(H,17,18). The van der Waals surface area contributed by atoms with Crippen molar-refractivity contribution >= 4 is 5.91 Å². The molecule has 0 radical (unpaired) electrons. The molecule has 0 fully saturated rings. The molecule has 1 atom stereocenters. The molecule has 0 heterocycles. The van der Waals surface area contributed by atoms with Crippen LogP contribution in [0.4, 0.5) is 0 Å². The largest absolute Gasteiger partial charge is 0.497 e. The Hall–Kier alpha value is -1.59. The molecule has 0 aliphatic heterocycles. The molecule has 1 aromatic carbocycles. The van der Waals surface area contributed by atoms with Crippen molar-refractivity contribution in [2.45, 2.75) is 12.8 Å². The summed E-state index contributed by atoms with van der Waals surface area (Å²) in [7, 11) is 3.29. The van der Waals surface area contributed by atoms with Crippen molar-refractivity contribution in [2.75, 3.05) is 40.5 Å². The van der Waals surface area contributed by atoms with Gasteiger partial charge in [0.1, 0.15) is 5.75 Å². The first-order valence-corrected chi connectivity index (χ1v) is 6.80. The summed E-state index contributed by atoms with van der Waals surface area (Å²) in [5.74, 6) is 0.597. The molecule has 0 aliphatic rings. The van der Waals surface area contributed by atoms with Crippen molar-refractivity contribution in [3.8, 4) is 5.75 Å². The first-order chi connectivity index (χ1) is 9.69. The molecular weight excluding hydrogens is 256 g/mol. The fraction of sp³-hybridized carbons (Fsp3) is 0.533. The number of amides is 1. The monoisotopic (exact) mass is 280 g/mol. The maximum atomic E-state index is 12.0. The summed E-state index contributed by atoms with van der Waals surface area (Å²) in [5.41, 5.74) is 0.953. The number of carbonyl (C=O) groups is 1. The van der Waals surface area contributed by atoms with Crippen LogP contribution in [0.15, 0.2) is 24.3 Å². The van der Waals surface area contributed by atoms with Crippen molar-refractivity contribution in [3.63, 3.8) is 0 Å². The maximum absolute atomic E-state index is 12.0. The van der Waals surface area contributed by atoms with Gasteiger partial charge in [0.25, 0.3) is 0 Å². The Balaban J connectivity index is 2.34. The Bertz CT molecular complexity index is 410. The summed E-state index contributed by atoms with van der Waals surface area (Å²) in [6.45, 7) is 4.70. The van der Waals surface area contributed by atoms with E-state index < -0.39 is 0 Å². The van der Waals surface area contributed by atoms with Crippen LogP contribution in [0.5, 0.6) is 5.75 Å². The summed E-state index contributed by atoms with van der Waals surface area (Å²) in [6.07, 6.45) is 0. The van der Waals surface area contributed by atoms with Gasteiger partial charge in [-0.2, -0.15) is 0 Å². The number of ether oxygens (including phenoxy) is 2. The molecule has 1 unspecified atom stereocenters. The third-order valence-corrected chi connectivity index (χ3v) is 3.07. The molecule has 0 aliphatic carbocycles. The van der Waals surface area contributed by atoms with Gasteiger partial charge in [-0.25, -0.2) is 0 Å². The van der Waals surface area contributed by atoms with Gasteiger partial charge in [-0.1, -0.05) is 12.1 Å². The minimum atomic E-state index is -0.191. The van der Waals surface area contributed by atoms with E-state index in [1.54, 1.807) is 14.2 Å². The highest BCUT2D eigenvalue weighted by atomic mass is 16.5. The van der Waals surface area contributed by atoms with Gasteiger partial charge in [-0.15, -0.1) is 0 Å². The Labute approximate surface area is 120 Å². The van der Waals surface area contributed by atoms with Crippen LogP contribution < -0.4 is 15.4 Å². The Morgan fingerprint density at radius 2 is 2.05 bits per heavy atom. The number of carbonyl (C=O) groups excluding carboxylic acids is 1. The highest BCUT2D eigenvalue weighted by Gasteiger charge is 2.14. The zero-order valence-corrected chi connectivity index (χ0v) is 12.4. The number of methoxy groups -OCH3 is 2. The van der Waals surface area contributed by atoms with E-state index in [4.69, 9.17) is 9.47 Å². The van der Waals surface area contributed by atoms with Gasteiger partial charge in [0.2, 0.25) is 5.91 Å². The van der Waals surface area contributed by atoms with E-state index in [1.807, 2.05) is 31.2 Å². The lowest BCUT2D eigenvalue weighted by atomic mass is 10.0. The van der Waals surface area contributed by atoms with Gasteiger partial charge in [-0.05, 0) is 24.6 Å². The molecule has 20 heavy (non-hydrogen) atoms. The van der Waals surface area contributed by atoms with E-state index in [0.717, 1.165) is 24.4 Å². The fourth-order valence-corrected chi connectivity index (χ4v) is 1.79. The second kappa shape index (κ2) is 9.34. The lowest BCUT2D eigenvalue weighted by Crippen LogP contribution is -2.35. The summed E-state index contributed by atoms with van der Waals surface area (Å²) in [5, 5.41) is 6.09. The Morgan fingerprint density at radius 1 is 1.25 bits per heavy atom. The average Bonchev–Trinajstić information content (AvgIpc) is 2.49. The van der Waals surface area contributed by atoms with Crippen molar-refractivity contribution in [1.29, 1.82) is 0 Å². The van der Waals surface area contributed by atoms with E-state index in [-0.39, 0.29) is 11.8 Å². The molecule has 0 spiro atoms. The van der Waals surface area contributed by atoms with Gasteiger partial charge >= 0.3 is 0 Å². The summed E-state index contributed by atoms with van der Waals surface area (Å²) in [4.78, 5) is 12.0. The highest BCUT2D eigenvalue weighted by Crippen LogP contribution is 2.20. The van der Waals surface area contributed by atoms with Crippen molar-refractivity contribution in [3.05, 3.63) is 29.8 Å². The number of rotatable bonds is 9. The molecule has 1 amide bonds. The second-order valence-corrected chi connectivity index (χ2v) is 4.53. The lowest BCUT2D eigenvalue weighted by Gasteiger charge is -2.13. The predicted octanol–water partition coefficient (Wildman–Crippen LogP) is 1.15. The summed E-state index contributed by atoms with van der Waals surface area (Å²) < 4.78 is 10.1. The van der Waals surface area contributed by atoms with Crippen LogP contribution in [0.25, 0.3) is 0 Å². The van der Waals surface area contributed by atoms with Crippen LogP contribution >= 0.6 is 0 Å². The van der Waals surface area contributed by atoms with Gasteiger partial charge in [0, 0.05) is 26.7 Å². The van der Waals surface area contributed by atoms with Crippen LogP contribution in [0.1, 0.15) is 18.4 Å². The van der Waals surface area contributed by atoms with Crippen LogP contribution in [0.2, 0.25) is 0 Å². The SMILES string of the molecule is COCCNCCNC(=O)C(C)c1cccc(OC)c1. The van der Waals surface area contributed by atoms with Crippen molar-refractivity contribution in [2.24, 2.45) is 0 Å². The highest BCUT2D eigenvalue weighted by molar-refractivity contribution is 5.83. The van der Waals surface area contributed by atoms with Crippen LogP contribution in [-0.4, -0.2) is 46.4 Å². The topological polar surface area (TPSA) is 59.6 Å². The molecule has 5 heteroatoms. The summed E-state index contributed by atoms with van der Waals surface area (Å²) in [6, 6.07) is 7.59. The van der Waals surface area contributed by atoms with E-state index in [1.165, 1.54) is 0 Å². The van der Waals surface area contributed by atoms with Gasteiger partial charge < -0.3 is 20.1 Å². The van der Waals surface area contributed by atoms with Crippen LogP contribution in [0.3, 0.4) is 0 Å². The van der Waals surface area contributed by atoms with Gasteiger partial charge in [0.15, 0.2) is 0 Å². The molecule has 112 valence electrons. The number of benzene rings is 1. The second-order valence-electron chi connectivity index (χ2n) is 4.53. The molecular formula is C15H24N2O3. The molecule has 0 bridgehead atoms. The van der Waals surface area contributed by atoms with E-state index >= 15 is 0 Å². The lowest BCUT2D eigenvalue weighted by molar-refractivity contribution is -0.122.